The first-order valence-corrected chi connectivity index (χ1v) is 8.72. The number of hydrogen-bond acceptors (Lipinski definition) is 4. The average Bonchev–Trinajstić information content (AvgIpc) is 3.02. The van der Waals surface area contributed by atoms with Crippen molar-refractivity contribution in [2.24, 2.45) is 0 Å². The molecular weight excluding hydrogens is 346 g/mol. The van der Waals surface area contributed by atoms with Crippen LogP contribution < -0.4 is 5.32 Å². The summed E-state index contributed by atoms with van der Waals surface area (Å²) in [5, 5.41) is 8.78. The summed E-state index contributed by atoms with van der Waals surface area (Å²) in [5.74, 6) is 2.00. The largest absolute Gasteiger partial charge is 0.340 e. The van der Waals surface area contributed by atoms with Gasteiger partial charge < -0.3 is 5.32 Å². The Kier molecular flexibility index (Phi) is 4.09. The van der Waals surface area contributed by atoms with E-state index in [4.69, 9.17) is 11.6 Å². The molecule has 0 aliphatic heterocycles. The van der Waals surface area contributed by atoms with Crippen LogP contribution in [0.2, 0.25) is 5.02 Å². The average molecular weight is 364 g/mol. The van der Waals surface area contributed by atoms with E-state index in [-0.39, 0.29) is 0 Å². The van der Waals surface area contributed by atoms with E-state index in [0.717, 1.165) is 22.8 Å². The number of aromatic nitrogens is 4. The van der Waals surface area contributed by atoms with Gasteiger partial charge in [0.1, 0.15) is 5.82 Å². The third-order valence-electron chi connectivity index (χ3n) is 4.19. The minimum atomic E-state index is 0.558. The summed E-state index contributed by atoms with van der Waals surface area (Å²) in [5.41, 5.74) is 5.21. The van der Waals surface area contributed by atoms with Crippen LogP contribution in [-0.2, 0) is 0 Å². The Morgan fingerprint density at radius 1 is 0.923 bits per heavy atom. The first-order chi connectivity index (χ1) is 12.5. The highest BCUT2D eigenvalue weighted by Crippen LogP contribution is 2.24. The van der Waals surface area contributed by atoms with Gasteiger partial charge in [0.25, 0.3) is 5.78 Å². The zero-order valence-electron chi connectivity index (χ0n) is 14.8. The molecule has 0 aliphatic carbocycles. The smallest absolute Gasteiger partial charge is 0.254 e. The third kappa shape index (κ3) is 3.13. The molecule has 0 fully saturated rings. The van der Waals surface area contributed by atoms with Gasteiger partial charge in [0, 0.05) is 28.0 Å². The second-order valence-corrected chi connectivity index (χ2v) is 6.82. The molecule has 1 N–H and O–H groups in total. The molecule has 0 aliphatic rings. The molecular formula is C20H18ClN5. The maximum Gasteiger partial charge on any atom is 0.254 e. The van der Waals surface area contributed by atoms with Gasteiger partial charge >= 0.3 is 0 Å². The molecule has 6 heteroatoms. The number of hydrogen-bond donors (Lipinski definition) is 1. The highest BCUT2D eigenvalue weighted by molar-refractivity contribution is 6.30. The lowest BCUT2D eigenvalue weighted by Crippen LogP contribution is -2.03. The number of nitrogens with one attached hydrogen (secondary N) is 1. The maximum atomic E-state index is 5.97. The predicted octanol–water partition coefficient (Wildman–Crippen LogP) is 5.11. The second-order valence-electron chi connectivity index (χ2n) is 6.38. The third-order valence-corrected chi connectivity index (χ3v) is 4.44. The Bertz CT molecular complexity index is 1100. The van der Waals surface area contributed by atoms with Crippen LogP contribution in [0.5, 0.6) is 0 Å². The van der Waals surface area contributed by atoms with E-state index < -0.39 is 0 Å². The topological polar surface area (TPSA) is 55.1 Å². The van der Waals surface area contributed by atoms with Gasteiger partial charge in [0.2, 0.25) is 0 Å². The molecule has 26 heavy (non-hydrogen) atoms. The van der Waals surface area contributed by atoms with E-state index in [9.17, 15) is 0 Å². The van der Waals surface area contributed by atoms with Crippen LogP contribution >= 0.6 is 11.6 Å². The van der Waals surface area contributed by atoms with Crippen molar-refractivity contribution in [2.45, 2.75) is 20.8 Å². The van der Waals surface area contributed by atoms with E-state index in [1.54, 1.807) is 4.52 Å². The summed E-state index contributed by atoms with van der Waals surface area (Å²) >= 11 is 5.97. The van der Waals surface area contributed by atoms with Gasteiger partial charge in [-0.25, -0.2) is 4.98 Å². The van der Waals surface area contributed by atoms with Gasteiger partial charge in [-0.2, -0.15) is 9.50 Å². The summed E-state index contributed by atoms with van der Waals surface area (Å²) in [6.45, 7) is 6.12. The molecule has 2 heterocycles. The lowest BCUT2D eigenvalue weighted by atomic mass is 10.1. The van der Waals surface area contributed by atoms with Gasteiger partial charge in [0.05, 0.1) is 0 Å². The molecule has 2 aromatic carbocycles. The number of nitrogens with zero attached hydrogens (tertiary/aromatic N) is 4. The Morgan fingerprint density at radius 2 is 1.69 bits per heavy atom. The summed E-state index contributed by atoms with van der Waals surface area (Å²) < 4.78 is 1.73. The number of halogens is 1. The fraction of sp³-hybridized carbons (Fsp3) is 0.150. The molecule has 0 saturated heterocycles. The Labute approximate surface area is 156 Å². The summed E-state index contributed by atoms with van der Waals surface area (Å²) in [6.07, 6.45) is 0. The summed E-state index contributed by atoms with van der Waals surface area (Å²) in [7, 11) is 0. The molecule has 2 aromatic heterocycles. The Morgan fingerprint density at radius 3 is 2.42 bits per heavy atom. The highest BCUT2D eigenvalue weighted by Gasteiger charge is 2.12. The van der Waals surface area contributed by atoms with Crippen molar-refractivity contribution in [1.29, 1.82) is 0 Å². The number of benzene rings is 2. The molecule has 4 aromatic rings. The van der Waals surface area contributed by atoms with E-state index in [0.29, 0.717) is 16.6 Å². The highest BCUT2D eigenvalue weighted by atomic mass is 35.5. The Balaban J connectivity index is 1.80. The monoisotopic (exact) mass is 363 g/mol. The molecule has 0 bridgehead atoms. The normalized spacial score (nSPS) is 11.1. The Hall–Kier alpha value is -2.92. The maximum absolute atomic E-state index is 5.97. The van der Waals surface area contributed by atoms with E-state index in [1.165, 1.54) is 11.1 Å². The molecule has 0 unspecified atom stereocenters. The molecule has 4 rings (SSSR count). The van der Waals surface area contributed by atoms with E-state index in [2.05, 4.69) is 52.4 Å². The van der Waals surface area contributed by atoms with Crippen molar-refractivity contribution in [3.05, 3.63) is 70.4 Å². The minimum absolute atomic E-state index is 0.558. The molecule has 0 saturated carbocycles. The van der Waals surface area contributed by atoms with Crippen molar-refractivity contribution < 1.29 is 0 Å². The van der Waals surface area contributed by atoms with E-state index >= 15 is 0 Å². The number of anilines is 2. The first kappa shape index (κ1) is 16.5. The van der Waals surface area contributed by atoms with Gasteiger partial charge in [-0.15, -0.1) is 5.10 Å². The fourth-order valence-corrected chi connectivity index (χ4v) is 3.01. The molecule has 0 atom stereocenters. The second kappa shape index (κ2) is 6.42. The van der Waals surface area contributed by atoms with Crippen molar-refractivity contribution in [2.75, 3.05) is 5.32 Å². The van der Waals surface area contributed by atoms with Crippen molar-refractivity contribution >= 4 is 28.9 Å². The van der Waals surface area contributed by atoms with Crippen LogP contribution in [0.15, 0.2) is 48.5 Å². The quantitative estimate of drug-likeness (QED) is 0.549. The van der Waals surface area contributed by atoms with Crippen molar-refractivity contribution in [1.82, 2.24) is 19.6 Å². The predicted molar refractivity (Wildman–Crippen MR) is 105 cm³/mol. The minimum Gasteiger partial charge on any atom is -0.340 e. The van der Waals surface area contributed by atoms with Crippen LogP contribution in [0.4, 0.5) is 11.5 Å². The molecule has 0 spiro atoms. The van der Waals surface area contributed by atoms with Gasteiger partial charge in [-0.3, -0.25) is 0 Å². The SMILES string of the molecule is Cc1ccc(Nc2cc(C)nc3nc(-c4ccc(Cl)cc4)nn23)c(C)c1. The molecule has 0 radical (unpaired) electrons. The lowest BCUT2D eigenvalue weighted by Gasteiger charge is -2.11. The molecule has 130 valence electrons. The van der Waals surface area contributed by atoms with Gasteiger partial charge in [-0.05, 0) is 56.7 Å². The first-order valence-electron chi connectivity index (χ1n) is 8.34. The van der Waals surface area contributed by atoms with Crippen molar-refractivity contribution in [3.63, 3.8) is 0 Å². The van der Waals surface area contributed by atoms with Crippen LogP contribution in [0.1, 0.15) is 16.8 Å². The summed E-state index contributed by atoms with van der Waals surface area (Å²) in [4.78, 5) is 9.07. The zero-order valence-corrected chi connectivity index (χ0v) is 15.5. The number of aryl methyl sites for hydroxylation is 3. The fourth-order valence-electron chi connectivity index (χ4n) is 2.89. The molecule has 0 amide bonds. The standard InChI is InChI=1S/C20H18ClN5/c1-12-4-9-17(13(2)10-12)23-18-11-14(3)22-20-24-19(25-26(18)20)15-5-7-16(21)8-6-15/h4-11,23H,1-3H3. The summed E-state index contributed by atoms with van der Waals surface area (Å²) in [6, 6.07) is 15.7. The van der Waals surface area contributed by atoms with Crippen molar-refractivity contribution in [3.8, 4) is 11.4 Å². The molecule has 5 nitrogen and oxygen atoms in total. The number of rotatable bonds is 3. The van der Waals surface area contributed by atoms with Gasteiger partial charge in [-0.1, -0.05) is 29.3 Å². The van der Waals surface area contributed by atoms with Gasteiger partial charge in [0.15, 0.2) is 5.82 Å². The van der Waals surface area contributed by atoms with E-state index in [1.807, 2.05) is 37.3 Å². The van der Waals surface area contributed by atoms with Crippen LogP contribution in [0, 0.1) is 20.8 Å². The zero-order chi connectivity index (χ0) is 18.3. The lowest BCUT2D eigenvalue weighted by molar-refractivity contribution is 0.939. The van der Waals surface area contributed by atoms with Crippen LogP contribution in [0.3, 0.4) is 0 Å². The number of fused-ring (bicyclic) bond motifs is 1. The van der Waals surface area contributed by atoms with Crippen LogP contribution in [0.25, 0.3) is 17.2 Å². The van der Waals surface area contributed by atoms with Crippen LogP contribution in [-0.4, -0.2) is 19.6 Å².